The highest BCUT2D eigenvalue weighted by Gasteiger charge is 2.59. The van der Waals surface area contributed by atoms with Crippen LogP contribution in [0.15, 0.2) is 21.9 Å². The highest BCUT2D eigenvalue weighted by Crippen LogP contribution is 2.66. The molecule has 0 aliphatic carbocycles. The largest absolute Gasteiger partial charge is 0.490 e. The molecule has 0 spiro atoms. The van der Waals surface area contributed by atoms with E-state index in [1.54, 1.807) is 4.98 Å². The van der Waals surface area contributed by atoms with Crippen molar-refractivity contribution in [3.63, 3.8) is 0 Å². The average molecular weight is 542 g/mol. The van der Waals surface area contributed by atoms with Crippen LogP contribution in [0.5, 0.6) is 0 Å². The number of carbonyl (C=O) groups is 1. The Bertz CT molecular complexity index is 1160. The number of rotatable bonds is 10. The maximum Gasteiger partial charge on any atom is 0.490 e. The third-order valence-electron chi connectivity index (χ3n) is 4.10. The summed E-state index contributed by atoms with van der Waals surface area (Å²) in [5, 5.41) is 10.5. The number of aromatic amines is 1. The number of ketones is 1. The van der Waals surface area contributed by atoms with Crippen molar-refractivity contribution in [1.29, 1.82) is 0 Å². The molecule has 1 saturated heterocycles. The van der Waals surface area contributed by atoms with Gasteiger partial charge in [0.1, 0.15) is 18.9 Å². The summed E-state index contributed by atoms with van der Waals surface area (Å²) >= 11 is 0. The van der Waals surface area contributed by atoms with Crippen LogP contribution in [-0.4, -0.2) is 64.5 Å². The Morgan fingerprint density at radius 1 is 1.18 bits per heavy atom. The van der Waals surface area contributed by atoms with E-state index in [0.717, 1.165) is 12.3 Å². The quantitative estimate of drug-likeness (QED) is 0.190. The zero-order valence-electron chi connectivity index (χ0n) is 16.3. The summed E-state index contributed by atoms with van der Waals surface area (Å²) in [6, 6.07) is 0.796. The standard InChI is InChI=1S/C12H18FN2O15P3/c1-2-6(28-32(23,24)30-33(25,26)29-31(20,21)22)8-9(17)12(19,5-13)10(27-8)15-4-3-7(16)14-11(15)18/h3-4,6,8,10,19H,2,5H2,1H3,(H,23,24)(H,25,26)(H,14,16,18)(H2,20,21,22). The summed E-state index contributed by atoms with van der Waals surface area (Å²) in [5.74, 6) is -1.46. The number of alkyl halides is 1. The first-order chi connectivity index (χ1) is 14.9. The van der Waals surface area contributed by atoms with Crippen molar-refractivity contribution < 1.29 is 65.4 Å². The molecular formula is C12H18FN2O15P3. The topological polar surface area (TPSA) is 261 Å². The van der Waals surface area contributed by atoms with Gasteiger partial charge in [0.15, 0.2) is 11.8 Å². The number of H-pyrrole nitrogens is 1. The molecule has 1 aliphatic heterocycles. The molecule has 0 amide bonds. The van der Waals surface area contributed by atoms with Crippen LogP contribution in [0.2, 0.25) is 0 Å². The Labute approximate surface area is 182 Å². The molecule has 21 heteroatoms. The van der Waals surface area contributed by atoms with Crippen LogP contribution in [0.1, 0.15) is 19.6 Å². The zero-order chi connectivity index (χ0) is 25.4. The van der Waals surface area contributed by atoms with Crippen molar-refractivity contribution in [1.82, 2.24) is 9.55 Å². The van der Waals surface area contributed by atoms with Crippen LogP contribution in [-0.2, 0) is 36.4 Å². The van der Waals surface area contributed by atoms with Gasteiger partial charge in [-0.05, 0) is 6.42 Å². The van der Waals surface area contributed by atoms with Crippen LogP contribution in [0.4, 0.5) is 4.39 Å². The van der Waals surface area contributed by atoms with Gasteiger partial charge in [-0.25, -0.2) is 22.9 Å². The van der Waals surface area contributed by atoms with Gasteiger partial charge in [-0.1, -0.05) is 6.92 Å². The number of aliphatic hydroxyl groups is 1. The molecule has 2 rings (SSSR count). The first-order valence-corrected chi connectivity index (χ1v) is 13.1. The fraction of sp³-hybridized carbons (Fsp3) is 0.583. The van der Waals surface area contributed by atoms with Crippen molar-refractivity contribution in [3.8, 4) is 0 Å². The molecule has 1 aliphatic rings. The second-order valence-electron chi connectivity index (χ2n) is 6.49. The molecule has 6 atom stereocenters. The lowest BCUT2D eigenvalue weighted by Crippen LogP contribution is -2.49. The van der Waals surface area contributed by atoms with E-state index in [4.69, 9.17) is 14.5 Å². The number of hydrogen-bond donors (Lipinski definition) is 6. The van der Waals surface area contributed by atoms with E-state index in [0.29, 0.717) is 4.57 Å². The van der Waals surface area contributed by atoms with Crippen LogP contribution in [0, 0.1) is 0 Å². The van der Waals surface area contributed by atoms with E-state index in [1.165, 1.54) is 6.92 Å². The number of phosphoric acid groups is 3. The summed E-state index contributed by atoms with van der Waals surface area (Å²) in [7, 11) is -17.2. The monoisotopic (exact) mass is 542 g/mol. The number of nitrogens with zero attached hydrogens (tertiary/aromatic N) is 1. The van der Waals surface area contributed by atoms with Gasteiger partial charge < -0.3 is 29.4 Å². The molecule has 6 unspecified atom stereocenters. The molecule has 0 aromatic carbocycles. The average Bonchev–Trinajstić information content (AvgIpc) is 2.89. The van der Waals surface area contributed by atoms with Crippen LogP contribution < -0.4 is 11.2 Å². The molecule has 17 nitrogen and oxygen atoms in total. The predicted molar refractivity (Wildman–Crippen MR) is 100 cm³/mol. The maximum absolute atomic E-state index is 13.7. The minimum Gasteiger partial charge on any atom is -0.375 e. The summed E-state index contributed by atoms with van der Waals surface area (Å²) in [5.41, 5.74) is -5.08. The predicted octanol–water partition coefficient (Wildman–Crippen LogP) is -1.17. The molecule has 0 radical (unpaired) electrons. The number of Topliss-reactive ketones (excluding diaryl/α,β-unsaturated/α-hetero) is 1. The summed E-state index contributed by atoms with van der Waals surface area (Å²) < 4.78 is 65.2. The first kappa shape index (κ1) is 27.9. The number of carbonyl (C=O) groups excluding carboxylic acids is 1. The highest BCUT2D eigenvalue weighted by atomic mass is 31.3. The third-order valence-corrected chi connectivity index (χ3v) is 7.97. The molecule has 6 N–H and O–H groups in total. The van der Waals surface area contributed by atoms with E-state index in [9.17, 15) is 47.4 Å². The molecule has 2 heterocycles. The second kappa shape index (κ2) is 9.70. The van der Waals surface area contributed by atoms with E-state index in [-0.39, 0.29) is 0 Å². The summed E-state index contributed by atoms with van der Waals surface area (Å²) in [6.07, 6.45) is -5.63. The smallest absolute Gasteiger partial charge is 0.375 e. The van der Waals surface area contributed by atoms with Gasteiger partial charge >= 0.3 is 29.2 Å². The minimum absolute atomic E-state index is 0.408. The normalized spacial score (nSPS) is 28.3. The van der Waals surface area contributed by atoms with Crippen molar-refractivity contribution >= 4 is 29.3 Å². The number of ether oxygens (including phenoxy) is 1. The van der Waals surface area contributed by atoms with Gasteiger partial charge in [0.2, 0.25) is 5.78 Å². The lowest BCUT2D eigenvalue weighted by atomic mass is 9.94. The molecule has 33 heavy (non-hydrogen) atoms. The van der Waals surface area contributed by atoms with Crippen molar-refractivity contribution in [2.45, 2.75) is 37.4 Å². The molecule has 1 aromatic heterocycles. The summed E-state index contributed by atoms with van der Waals surface area (Å²) in [6.45, 7) is -0.565. The van der Waals surface area contributed by atoms with E-state index in [2.05, 4.69) is 13.1 Å². The first-order valence-electron chi connectivity index (χ1n) is 8.56. The molecule has 188 valence electrons. The zero-order valence-corrected chi connectivity index (χ0v) is 19.0. The molecule has 0 saturated carbocycles. The van der Waals surface area contributed by atoms with Gasteiger partial charge in [0.05, 0.1) is 0 Å². The second-order valence-corrected chi connectivity index (χ2v) is 10.9. The van der Waals surface area contributed by atoms with Crippen molar-refractivity contribution in [2.24, 2.45) is 0 Å². The minimum atomic E-state index is -5.87. The van der Waals surface area contributed by atoms with E-state index in [1.807, 2.05) is 0 Å². The van der Waals surface area contributed by atoms with E-state index >= 15 is 0 Å². The Hall–Kier alpha value is -1.39. The van der Waals surface area contributed by atoms with Gasteiger partial charge in [-0.3, -0.25) is 23.7 Å². The Morgan fingerprint density at radius 2 is 1.79 bits per heavy atom. The number of nitrogens with one attached hydrogen (secondary N) is 1. The van der Waals surface area contributed by atoms with Crippen LogP contribution in [0.3, 0.4) is 0 Å². The van der Waals surface area contributed by atoms with E-state index < -0.39 is 77.6 Å². The highest BCUT2D eigenvalue weighted by molar-refractivity contribution is 7.66. The van der Waals surface area contributed by atoms with Crippen molar-refractivity contribution in [2.75, 3.05) is 6.67 Å². The number of phosphoric ester groups is 1. The Morgan fingerprint density at radius 3 is 2.27 bits per heavy atom. The lowest BCUT2D eigenvalue weighted by Gasteiger charge is -2.24. The van der Waals surface area contributed by atoms with Crippen LogP contribution in [0.25, 0.3) is 0 Å². The molecule has 0 bridgehead atoms. The SMILES string of the molecule is CCC(OP(=O)(O)OP(=O)(O)OP(=O)(O)O)C1OC(n2ccc(=O)[nH]c2=O)C(O)(CF)C1=O. The molecule has 1 fully saturated rings. The molecule has 1 aromatic rings. The van der Waals surface area contributed by atoms with Crippen LogP contribution >= 0.6 is 23.5 Å². The van der Waals surface area contributed by atoms with Gasteiger partial charge in [0.25, 0.3) is 5.56 Å². The Kier molecular flexibility index (Phi) is 8.18. The fourth-order valence-corrected chi connectivity index (χ4v) is 6.05. The van der Waals surface area contributed by atoms with Gasteiger partial charge in [0, 0.05) is 12.3 Å². The lowest BCUT2D eigenvalue weighted by molar-refractivity contribution is -0.140. The maximum atomic E-state index is 13.7. The van der Waals surface area contributed by atoms with Crippen molar-refractivity contribution in [3.05, 3.63) is 33.1 Å². The number of halogens is 1. The summed E-state index contributed by atoms with van der Waals surface area (Å²) in [4.78, 5) is 73.6. The van der Waals surface area contributed by atoms with Gasteiger partial charge in [-0.2, -0.15) is 8.62 Å². The fourth-order valence-electron chi connectivity index (χ4n) is 2.79. The third kappa shape index (κ3) is 6.60. The number of aromatic nitrogens is 2. The Balaban J connectivity index is 2.33. The van der Waals surface area contributed by atoms with Gasteiger partial charge in [-0.15, -0.1) is 0 Å². The molecular weight excluding hydrogens is 524 g/mol. The number of hydrogen-bond acceptors (Lipinski definition) is 11.